The number of carbonyl (C=O) groups is 1. The second kappa shape index (κ2) is 6.26. The minimum absolute atomic E-state index is 0.227. The summed E-state index contributed by atoms with van der Waals surface area (Å²) < 4.78 is 6.41. The van der Waals surface area contributed by atoms with Crippen LogP contribution < -0.4 is 4.74 Å². The Morgan fingerprint density at radius 1 is 1.20 bits per heavy atom. The fraction of sp³-hybridized carbons (Fsp3) is 0.429. The van der Waals surface area contributed by atoms with Crippen molar-refractivity contribution in [3.63, 3.8) is 0 Å². The van der Waals surface area contributed by atoms with E-state index in [-0.39, 0.29) is 11.4 Å². The molecule has 2 aliphatic heterocycles. The second-order valence-electron chi connectivity index (χ2n) is 7.46. The van der Waals surface area contributed by atoms with Gasteiger partial charge < -0.3 is 4.74 Å². The normalized spacial score (nSPS) is 19.5. The number of ketones is 1. The summed E-state index contributed by atoms with van der Waals surface area (Å²) >= 11 is 0. The Labute approximate surface area is 148 Å². The van der Waals surface area contributed by atoms with Crippen molar-refractivity contribution in [3.8, 4) is 5.75 Å². The average Bonchev–Trinajstić information content (AvgIpc) is 2.60. The Hall–Kier alpha value is -2.20. The lowest BCUT2D eigenvalue weighted by molar-refractivity contribution is -0.0108. The Balaban J connectivity index is 1.48. The largest absolute Gasteiger partial charge is 0.486 e. The highest BCUT2D eigenvalue weighted by molar-refractivity contribution is 6.00. The predicted octanol–water partition coefficient (Wildman–Crippen LogP) is 3.70. The second-order valence-corrected chi connectivity index (χ2v) is 7.46. The van der Waals surface area contributed by atoms with E-state index in [4.69, 9.17) is 4.74 Å². The van der Waals surface area contributed by atoms with Crippen LogP contribution in [0.1, 0.15) is 46.3 Å². The third kappa shape index (κ3) is 3.19. The number of pyridine rings is 1. The zero-order chi connectivity index (χ0) is 17.4. The van der Waals surface area contributed by atoms with E-state index in [1.54, 1.807) is 6.20 Å². The molecule has 1 saturated heterocycles. The number of ether oxygens (including phenoxy) is 1. The van der Waals surface area contributed by atoms with Crippen LogP contribution in [0.5, 0.6) is 5.75 Å². The van der Waals surface area contributed by atoms with Crippen molar-refractivity contribution in [2.45, 2.75) is 45.3 Å². The lowest BCUT2D eigenvalue weighted by Crippen LogP contribution is -2.50. The zero-order valence-electron chi connectivity index (χ0n) is 14.9. The van der Waals surface area contributed by atoms with Gasteiger partial charge in [0.25, 0.3) is 0 Å². The molecule has 0 radical (unpaired) electrons. The molecule has 25 heavy (non-hydrogen) atoms. The number of benzene rings is 1. The summed E-state index contributed by atoms with van der Waals surface area (Å²) in [5, 5.41) is 0. The quantitative estimate of drug-likeness (QED) is 0.839. The molecule has 0 unspecified atom stereocenters. The summed E-state index contributed by atoms with van der Waals surface area (Å²) in [6.07, 6.45) is 6.02. The van der Waals surface area contributed by atoms with Crippen LogP contribution in [0.25, 0.3) is 0 Å². The number of hydrogen-bond donors (Lipinski definition) is 0. The van der Waals surface area contributed by atoms with Crippen LogP contribution in [-0.2, 0) is 6.54 Å². The molecule has 1 aromatic heterocycles. The number of likely N-dealkylation sites (tertiary alicyclic amines) is 1. The van der Waals surface area contributed by atoms with Crippen LogP contribution in [-0.4, -0.2) is 34.4 Å². The third-order valence-corrected chi connectivity index (χ3v) is 5.60. The molecule has 4 nitrogen and oxygen atoms in total. The van der Waals surface area contributed by atoms with Gasteiger partial charge in [-0.3, -0.25) is 14.7 Å². The van der Waals surface area contributed by atoms with Crippen molar-refractivity contribution < 1.29 is 9.53 Å². The van der Waals surface area contributed by atoms with Gasteiger partial charge in [-0.1, -0.05) is 6.07 Å². The van der Waals surface area contributed by atoms with E-state index < -0.39 is 0 Å². The van der Waals surface area contributed by atoms with Crippen molar-refractivity contribution in [1.82, 2.24) is 9.88 Å². The summed E-state index contributed by atoms with van der Waals surface area (Å²) in [6.45, 7) is 6.92. The highest BCUT2D eigenvalue weighted by Gasteiger charge is 2.43. The fourth-order valence-electron chi connectivity index (χ4n) is 3.90. The molecule has 0 amide bonds. The molecular formula is C21H24N2O2. The Bertz CT molecular complexity index is 793. The lowest BCUT2D eigenvalue weighted by atomic mass is 9.82. The topological polar surface area (TPSA) is 42.4 Å². The molecular weight excluding hydrogens is 312 g/mol. The molecule has 4 rings (SSSR count). The van der Waals surface area contributed by atoms with Crippen molar-refractivity contribution in [2.24, 2.45) is 0 Å². The number of aryl methyl sites for hydroxylation is 2. The molecule has 0 N–H and O–H groups in total. The molecule has 4 heteroatoms. The van der Waals surface area contributed by atoms with Gasteiger partial charge in [-0.15, -0.1) is 0 Å². The average molecular weight is 336 g/mol. The van der Waals surface area contributed by atoms with Gasteiger partial charge in [-0.25, -0.2) is 0 Å². The van der Waals surface area contributed by atoms with E-state index in [0.29, 0.717) is 6.42 Å². The maximum atomic E-state index is 12.7. The molecule has 1 spiro atoms. The summed E-state index contributed by atoms with van der Waals surface area (Å²) in [7, 11) is 0. The van der Waals surface area contributed by atoms with Gasteiger partial charge >= 0.3 is 0 Å². The van der Waals surface area contributed by atoms with E-state index >= 15 is 0 Å². The van der Waals surface area contributed by atoms with Gasteiger partial charge in [0.2, 0.25) is 0 Å². The van der Waals surface area contributed by atoms with Crippen LogP contribution in [0.15, 0.2) is 36.7 Å². The maximum absolute atomic E-state index is 12.7. The first-order chi connectivity index (χ1) is 12.0. The summed E-state index contributed by atoms with van der Waals surface area (Å²) in [4.78, 5) is 19.3. The number of hydrogen-bond acceptors (Lipinski definition) is 4. The van der Waals surface area contributed by atoms with Crippen molar-refractivity contribution in [2.75, 3.05) is 13.1 Å². The van der Waals surface area contributed by atoms with E-state index in [0.717, 1.165) is 49.4 Å². The fourth-order valence-corrected chi connectivity index (χ4v) is 3.90. The van der Waals surface area contributed by atoms with Gasteiger partial charge in [0.15, 0.2) is 5.78 Å². The maximum Gasteiger partial charge on any atom is 0.170 e. The molecule has 2 aliphatic rings. The lowest BCUT2D eigenvalue weighted by Gasteiger charge is -2.44. The van der Waals surface area contributed by atoms with Gasteiger partial charge in [-0.2, -0.15) is 0 Å². The molecule has 2 aromatic rings. The van der Waals surface area contributed by atoms with Crippen molar-refractivity contribution in [1.29, 1.82) is 0 Å². The van der Waals surface area contributed by atoms with Gasteiger partial charge in [0, 0.05) is 44.9 Å². The first-order valence-electron chi connectivity index (χ1n) is 8.99. The number of rotatable bonds is 2. The van der Waals surface area contributed by atoms with Crippen molar-refractivity contribution in [3.05, 3.63) is 58.9 Å². The van der Waals surface area contributed by atoms with Crippen LogP contribution >= 0.6 is 0 Å². The molecule has 0 bridgehead atoms. The van der Waals surface area contributed by atoms with E-state index in [9.17, 15) is 4.79 Å². The van der Waals surface area contributed by atoms with E-state index in [2.05, 4.69) is 22.9 Å². The number of aromatic nitrogens is 1. The minimum Gasteiger partial charge on any atom is -0.486 e. The molecule has 3 heterocycles. The van der Waals surface area contributed by atoms with Gasteiger partial charge in [-0.05, 0) is 48.7 Å². The SMILES string of the molecule is Cc1cc2c(cc1C)C(=O)CC1(CCN(Cc3cccnc3)CC1)O2. The number of carbonyl (C=O) groups excluding carboxylic acids is 1. The number of Topliss-reactive ketones (excluding diaryl/α,β-unsaturated/α-hetero) is 1. The van der Waals surface area contributed by atoms with Gasteiger partial charge in [0.1, 0.15) is 11.4 Å². The molecule has 0 atom stereocenters. The van der Waals surface area contributed by atoms with Crippen molar-refractivity contribution >= 4 is 5.78 Å². The number of fused-ring (bicyclic) bond motifs is 1. The summed E-state index contributed by atoms with van der Waals surface area (Å²) in [6, 6.07) is 8.10. The highest BCUT2D eigenvalue weighted by Crippen LogP contribution is 2.40. The summed E-state index contributed by atoms with van der Waals surface area (Å²) in [5.74, 6) is 1.00. The molecule has 1 aromatic carbocycles. The number of nitrogens with zero attached hydrogens (tertiary/aromatic N) is 2. The minimum atomic E-state index is -0.322. The van der Waals surface area contributed by atoms with Crippen LogP contribution in [0.3, 0.4) is 0 Å². The predicted molar refractivity (Wildman–Crippen MR) is 97.0 cm³/mol. The smallest absolute Gasteiger partial charge is 0.170 e. The van der Waals surface area contributed by atoms with Crippen LogP contribution in [0.4, 0.5) is 0 Å². The Kier molecular flexibility index (Phi) is 4.08. The summed E-state index contributed by atoms with van der Waals surface area (Å²) in [5.41, 5.74) is 4.00. The first kappa shape index (κ1) is 16.3. The standard InChI is InChI=1S/C21H24N2O2/c1-15-10-18-19(24)12-21(25-20(18)11-16(15)2)5-8-23(9-6-21)14-17-4-3-7-22-13-17/h3-4,7,10-11,13H,5-6,8-9,12,14H2,1-2H3. The molecule has 1 fully saturated rings. The highest BCUT2D eigenvalue weighted by atomic mass is 16.5. The molecule has 130 valence electrons. The Morgan fingerprint density at radius 3 is 2.68 bits per heavy atom. The zero-order valence-corrected chi connectivity index (χ0v) is 14.9. The molecule has 0 saturated carbocycles. The number of piperidine rings is 1. The third-order valence-electron chi connectivity index (χ3n) is 5.60. The van der Waals surface area contributed by atoms with E-state index in [1.165, 1.54) is 11.1 Å². The monoisotopic (exact) mass is 336 g/mol. The Morgan fingerprint density at radius 2 is 1.96 bits per heavy atom. The van der Waals surface area contributed by atoms with Crippen LogP contribution in [0.2, 0.25) is 0 Å². The molecule has 0 aliphatic carbocycles. The van der Waals surface area contributed by atoms with E-state index in [1.807, 2.05) is 31.3 Å². The van der Waals surface area contributed by atoms with Crippen LogP contribution in [0, 0.1) is 13.8 Å². The van der Waals surface area contributed by atoms with Gasteiger partial charge in [0.05, 0.1) is 12.0 Å². The first-order valence-corrected chi connectivity index (χ1v) is 8.99.